The molecule has 0 radical (unpaired) electrons. The molecule has 92 valence electrons. The van der Waals surface area contributed by atoms with Gasteiger partial charge in [0.1, 0.15) is 0 Å². The van der Waals surface area contributed by atoms with Crippen LogP contribution < -0.4 is 5.32 Å². The zero-order chi connectivity index (χ0) is 12.5. The lowest BCUT2D eigenvalue weighted by atomic mass is 10.3. The number of nitrogens with one attached hydrogen (secondary N) is 1. The molecule has 0 spiro atoms. The fourth-order valence-electron chi connectivity index (χ4n) is 1.14. The van der Waals surface area contributed by atoms with E-state index in [-0.39, 0.29) is 5.91 Å². The van der Waals surface area contributed by atoms with E-state index in [0.29, 0.717) is 25.3 Å². The minimum atomic E-state index is -0.147. The van der Waals surface area contributed by atoms with Gasteiger partial charge in [0.2, 0.25) is 0 Å². The standard InChI is InChI=1S/C12H15BrN2O2/c1-2-3-5-17-6-4-15-12(16)10-7-11(13)9-14-8-10/h2,7-9H,1,3-6H2,(H,15,16). The zero-order valence-corrected chi connectivity index (χ0v) is 11.1. The van der Waals surface area contributed by atoms with Gasteiger partial charge in [-0.15, -0.1) is 6.58 Å². The van der Waals surface area contributed by atoms with Crippen LogP contribution in [-0.2, 0) is 4.74 Å². The highest BCUT2D eigenvalue weighted by Gasteiger charge is 2.05. The molecule has 4 nitrogen and oxygen atoms in total. The molecule has 0 aliphatic heterocycles. The summed E-state index contributed by atoms with van der Waals surface area (Å²) in [5, 5.41) is 2.75. The van der Waals surface area contributed by atoms with E-state index in [1.54, 1.807) is 18.3 Å². The van der Waals surface area contributed by atoms with Crippen LogP contribution in [0.4, 0.5) is 0 Å². The van der Waals surface area contributed by atoms with Crippen LogP contribution in [0.3, 0.4) is 0 Å². The number of amides is 1. The van der Waals surface area contributed by atoms with E-state index < -0.39 is 0 Å². The maximum Gasteiger partial charge on any atom is 0.252 e. The van der Waals surface area contributed by atoms with Gasteiger partial charge < -0.3 is 10.1 Å². The van der Waals surface area contributed by atoms with E-state index in [0.717, 1.165) is 10.9 Å². The first kappa shape index (κ1) is 13.9. The predicted octanol–water partition coefficient (Wildman–Crippen LogP) is 2.17. The lowest BCUT2D eigenvalue weighted by Crippen LogP contribution is -2.27. The molecule has 1 N–H and O–H groups in total. The van der Waals surface area contributed by atoms with Crippen molar-refractivity contribution in [2.75, 3.05) is 19.8 Å². The van der Waals surface area contributed by atoms with Crippen molar-refractivity contribution >= 4 is 21.8 Å². The molecular formula is C12H15BrN2O2. The van der Waals surface area contributed by atoms with Gasteiger partial charge in [0.15, 0.2) is 0 Å². The van der Waals surface area contributed by atoms with Crippen LogP contribution >= 0.6 is 15.9 Å². The van der Waals surface area contributed by atoms with Gasteiger partial charge in [0.05, 0.1) is 18.8 Å². The predicted molar refractivity (Wildman–Crippen MR) is 69.9 cm³/mol. The first-order valence-corrected chi connectivity index (χ1v) is 6.10. The molecule has 17 heavy (non-hydrogen) atoms. The van der Waals surface area contributed by atoms with Crippen LogP contribution in [-0.4, -0.2) is 30.6 Å². The number of aromatic nitrogens is 1. The van der Waals surface area contributed by atoms with Gasteiger partial charge >= 0.3 is 0 Å². The summed E-state index contributed by atoms with van der Waals surface area (Å²) in [5.74, 6) is -0.147. The van der Waals surface area contributed by atoms with Crippen LogP contribution in [0.15, 0.2) is 35.6 Å². The molecule has 0 unspecified atom stereocenters. The number of hydrogen-bond donors (Lipinski definition) is 1. The van der Waals surface area contributed by atoms with Gasteiger partial charge in [-0.05, 0) is 28.4 Å². The topological polar surface area (TPSA) is 51.2 Å². The maximum absolute atomic E-state index is 11.6. The molecule has 0 saturated carbocycles. The zero-order valence-electron chi connectivity index (χ0n) is 9.49. The monoisotopic (exact) mass is 298 g/mol. The third-order valence-corrected chi connectivity index (χ3v) is 2.40. The summed E-state index contributed by atoms with van der Waals surface area (Å²) < 4.78 is 6.06. The normalized spacial score (nSPS) is 9.94. The summed E-state index contributed by atoms with van der Waals surface area (Å²) in [6.07, 6.45) is 5.78. The molecule has 5 heteroatoms. The van der Waals surface area contributed by atoms with Crippen molar-refractivity contribution in [1.29, 1.82) is 0 Å². The van der Waals surface area contributed by atoms with Gasteiger partial charge in [-0.3, -0.25) is 9.78 Å². The number of carbonyl (C=O) groups is 1. The molecule has 0 aliphatic carbocycles. The number of ether oxygens (including phenoxy) is 1. The molecule has 1 rings (SSSR count). The largest absolute Gasteiger partial charge is 0.379 e. The Balaban J connectivity index is 2.23. The smallest absolute Gasteiger partial charge is 0.252 e. The highest BCUT2D eigenvalue weighted by molar-refractivity contribution is 9.10. The Bertz CT molecular complexity index is 383. The minimum absolute atomic E-state index is 0.147. The van der Waals surface area contributed by atoms with E-state index >= 15 is 0 Å². The van der Waals surface area contributed by atoms with Crippen molar-refractivity contribution in [2.24, 2.45) is 0 Å². The van der Waals surface area contributed by atoms with E-state index in [4.69, 9.17) is 4.74 Å². The summed E-state index contributed by atoms with van der Waals surface area (Å²) in [7, 11) is 0. The Labute approximate surface area is 109 Å². The lowest BCUT2D eigenvalue weighted by Gasteiger charge is -2.05. The van der Waals surface area contributed by atoms with Gasteiger partial charge in [-0.2, -0.15) is 0 Å². The van der Waals surface area contributed by atoms with Crippen molar-refractivity contribution in [3.05, 3.63) is 41.2 Å². The summed E-state index contributed by atoms with van der Waals surface area (Å²) in [6.45, 7) is 5.22. The number of hydrogen-bond acceptors (Lipinski definition) is 3. The molecule has 1 aromatic rings. The van der Waals surface area contributed by atoms with Gasteiger partial charge in [-0.25, -0.2) is 0 Å². The molecule has 0 fully saturated rings. The molecule has 0 bridgehead atoms. The Hall–Kier alpha value is -1.20. The highest BCUT2D eigenvalue weighted by atomic mass is 79.9. The minimum Gasteiger partial charge on any atom is -0.379 e. The molecule has 1 aromatic heterocycles. The van der Waals surface area contributed by atoms with E-state index in [2.05, 4.69) is 32.8 Å². The fraction of sp³-hybridized carbons (Fsp3) is 0.333. The second-order valence-electron chi connectivity index (χ2n) is 3.34. The van der Waals surface area contributed by atoms with Crippen LogP contribution in [0.5, 0.6) is 0 Å². The molecule has 0 aromatic carbocycles. The van der Waals surface area contributed by atoms with E-state index in [1.807, 2.05) is 0 Å². The number of pyridine rings is 1. The highest BCUT2D eigenvalue weighted by Crippen LogP contribution is 2.09. The lowest BCUT2D eigenvalue weighted by molar-refractivity contribution is 0.0917. The Morgan fingerprint density at radius 3 is 3.06 bits per heavy atom. The first-order valence-electron chi connectivity index (χ1n) is 5.31. The van der Waals surface area contributed by atoms with Crippen molar-refractivity contribution in [1.82, 2.24) is 10.3 Å². The Morgan fingerprint density at radius 2 is 2.35 bits per heavy atom. The number of halogens is 1. The quantitative estimate of drug-likeness (QED) is 0.620. The molecule has 1 amide bonds. The van der Waals surface area contributed by atoms with Crippen LogP contribution in [0.2, 0.25) is 0 Å². The van der Waals surface area contributed by atoms with E-state index in [9.17, 15) is 4.79 Å². The SMILES string of the molecule is C=CCCOCCNC(=O)c1cncc(Br)c1. The first-order chi connectivity index (χ1) is 8.24. The molecular weight excluding hydrogens is 284 g/mol. The van der Waals surface area contributed by atoms with E-state index in [1.165, 1.54) is 6.20 Å². The number of carbonyl (C=O) groups excluding carboxylic acids is 1. The van der Waals surface area contributed by atoms with Crippen LogP contribution in [0.25, 0.3) is 0 Å². The number of nitrogens with zero attached hydrogens (tertiary/aromatic N) is 1. The summed E-state index contributed by atoms with van der Waals surface area (Å²) in [4.78, 5) is 15.6. The molecule has 0 atom stereocenters. The van der Waals surface area contributed by atoms with Crippen molar-refractivity contribution in [3.63, 3.8) is 0 Å². The third kappa shape index (κ3) is 5.60. The van der Waals surface area contributed by atoms with Crippen LogP contribution in [0.1, 0.15) is 16.8 Å². The van der Waals surface area contributed by atoms with Crippen molar-refractivity contribution in [3.8, 4) is 0 Å². The average Bonchev–Trinajstić information content (AvgIpc) is 2.33. The number of rotatable bonds is 7. The van der Waals surface area contributed by atoms with Gasteiger partial charge in [-0.1, -0.05) is 6.08 Å². The molecule has 1 heterocycles. The second-order valence-corrected chi connectivity index (χ2v) is 4.25. The molecule has 0 saturated heterocycles. The maximum atomic E-state index is 11.6. The average molecular weight is 299 g/mol. The van der Waals surface area contributed by atoms with Gasteiger partial charge in [0.25, 0.3) is 5.91 Å². The second kappa shape index (κ2) is 7.97. The summed E-state index contributed by atoms with van der Waals surface area (Å²) in [6, 6.07) is 1.72. The van der Waals surface area contributed by atoms with Gasteiger partial charge in [0, 0.05) is 23.4 Å². The summed E-state index contributed by atoms with van der Waals surface area (Å²) in [5.41, 5.74) is 0.533. The Morgan fingerprint density at radius 1 is 1.53 bits per heavy atom. The third-order valence-electron chi connectivity index (χ3n) is 1.97. The van der Waals surface area contributed by atoms with Crippen molar-refractivity contribution < 1.29 is 9.53 Å². The molecule has 0 aliphatic rings. The summed E-state index contributed by atoms with van der Waals surface area (Å²) >= 11 is 3.26. The van der Waals surface area contributed by atoms with Crippen molar-refractivity contribution in [2.45, 2.75) is 6.42 Å². The Kier molecular flexibility index (Phi) is 6.50. The fourth-order valence-corrected chi connectivity index (χ4v) is 1.51. The van der Waals surface area contributed by atoms with Crippen LogP contribution in [0, 0.1) is 0 Å².